The molecule has 9 nitrogen and oxygen atoms in total. The van der Waals surface area contributed by atoms with Gasteiger partial charge in [0.1, 0.15) is 28.0 Å². The molecule has 2 aromatic carbocycles. The van der Waals surface area contributed by atoms with Crippen LogP contribution in [0.4, 0.5) is 11.5 Å². The smallest absolute Gasteiger partial charge is 0.288 e. The van der Waals surface area contributed by atoms with Gasteiger partial charge in [-0.25, -0.2) is 9.97 Å². The zero-order valence-corrected chi connectivity index (χ0v) is 20.7. The Balaban J connectivity index is 1.89. The first kappa shape index (κ1) is 25.1. The summed E-state index contributed by atoms with van der Waals surface area (Å²) in [6.45, 7) is 4.19. The lowest BCUT2D eigenvalue weighted by molar-refractivity contribution is -0.384. The van der Waals surface area contributed by atoms with Crippen LogP contribution < -0.4 is 5.32 Å². The van der Waals surface area contributed by atoms with Crippen molar-refractivity contribution in [3.8, 4) is 6.07 Å². The van der Waals surface area contributed by atoms with E-state index in [0.29, 0.717) is 22.2 Å². The van der Waals surface area contributed by atoms with Crippen molar-refractivity contribution in [1.29, 1.82) is 5.26 Å². The maximum atomic E-state index is 13.3. The Bertz CT molecular complexity index is 1510. The third kappa shape index (κ3) is 4.72. The molecular weight excluding hydrogens is 480 g/mol. The summed E-state index contributed by atoms with van der Waals surface area (Å²) in [6, 6.07) is 13.4. The molecule has 10 heteroatoms. The summed E-state index contributed by atoms with van der Waals surface area (Å²) in [6.07, 6.45) is 4.69. The Labute approximate surface area is 212 Å². The van der Waals surface area contributed by atoms with Crippen molar-refractivity contribution in [2.24, 2.45) is 0 Å². The van der Waals surface area contributed by atoms with E-state index in [1.54, 1.807) is 0 Å². The Hall–Kier alpha value is -4.03. The number of nitro groups is 1. The van der Waals surface area contributed by atoms with Gasteiger partial charge < -0.3 is 9.88 Å². The minimum atomic E-state index is -0.642. The van der Waals surface area contributed by atoms with Gasteiger partial charge in [0.25, 0.3) is 11.6 Å². The zero-order valence-electron chi connectivity index (χ0n) is 20.0. The molecule has 0 aliphatic carbocycles. The number of aromatic nitrogens is 3. The highest BCUT2D eigenvalue weighted by Gasteiger charge is 2.27. The number of para-hydroxylation sites is 2. The molecule has 0 spiro atoms. The number of amides is 1. The lowest BCUT2D eigenvalue weighted by Crippen LogP contribution is -2.19. The predicted molar refractivity (Wildman–Crippen MR) is 139 cm³/mol. The minimum absolute atomic E-state index is 0.0357. The lowest BCUT2D eigenvalue weighted by Gasteiger charge is -2.21. The monoisotopic (exact) mass is 504 g/mol. The molecule has 4 aromatic rings. The van der Waals surface area contributed by atoms with E-state index < -0.39 is 10.8 Å². The van der Waals surface area contributed by atoms with Gasteiger partial charge in [0.05, 0.1) is 16.0 Å². The molecule has 184 valence electrons. The number of nitrogens with one attached hydrogen (secondary N) is 1. The molecule has 1 amide bonds. The maximum Gasteiger partial charge on any atom is 0.288 e. The molecule has 1 N–H and O–H groups in total. The van der Waals surface area contributed by atoms with E-state index in [0.717, 1.165) is 38.2 Å². The SMILES string of the molecule is CCCCCC(CC)n1c(NC(=O)c2ccc(Cl)c([N+](=O)[O-])c2)c(C#N)c2nc3ccccc3nc21. The van der Waals surface area contributed by atoms with Gasteiger partial charge in [0.2, 0.25) is 0 Å². The Morgan fingerprint density at radius 1 is 1.19 bits per heavy atom. The summed E-state index contributed by atoms with van der Waals surface area (Å²) < 4.78 is 1.89. The summed E-state index contributed by atoms with van der Waals surface area (Å²) in [5.41, 5.74) is 2.14. The molecule has 0 aliphatic heterocycles. The summed E-state index contributed by atoms with van der Waals surface area (Å²) >= 11 is 5.92. The first-order chi connectivity index (χ1) is 17.4. The number of anilines is 1. The molecule has 0 fully saturated rings. The van der Waals surface area contributed by atoms with Crippen LogP contribution in [0, 0.1) is 21.4 Å². The number of hydrogen-bond donors (Lipinski definition) is 1. The number of rotatable bonds is 9. The number of hydrogen-bond acceptors (Lipinski definition) is 6. The normalized spacial score (nSPS) is 11.9. The van der Waals surface area contributed by atoms with Gasteiger partial charge in [-0.3, -0.25) is 14.9 Å². The van der Waals surface area contributed by atoms with E-state index in [-0.39, 0.29) is 33.7 Å². The molecule has 0 aliphatic rings. The predicted octanol–water partition coefficient (Wildman–Crippen LogP) is 6.80. The first-order valence-corrected chi connectivity index (χ1v) is 12.2. The molecule has 1 atom stereocenters. The summed E-state index contributed by atoms with van der Waals surface area (Å²) in [7, 11) is 0. The fraction of sp³-hybridized carbons (Fsp3) is 0.308. The number of carbonyl (C=O) groups excluding carboxylic acids is 1. The second-order valence-corrected chi connectivity index (χ2v) is 8.93. The molecule has 0 saturated heterocycles. The van der Waals surface area contributed by atoms with Crippen molar-refractivity contribution in [3.63, 3.8) is 0 Å². The third-order valence-corrected chi connectivity index (χ3v) is 6.54. The van der Waals surface area contributed by atoms with E-state index in [2.05, 4.69) is 25.2 Å². The van der Waals surface area contributed by atoms with Crippen LogP contribution in [0.3, 0.4) is 0 Å². The largest absolute Gasteiger partial charge is 0.307 e. The third-order valence-electron chi connectivity index (χ3n) is 6.22. The van der Waals surface area contributed by atoms with Crippen LogP contribution in [0.5, 0.6) is 0 Å². The van der Waals surface area contributed by atoms with Gasteiger partial charge >= 0.3 is 0 Å². The molecule has 0 saturated carbocycles. The minimum Gasteiger partial charge on any atom is -0.307 e. The first-order valence-electron chi connectivity index (χ1n) is 11.9. The van der Waals surface area contributed by atoms with Crippen LogP contribution in [-0.2, 0) is 0 Å². The van der Waals surface area contributed by atoms with Crippen LogP contribution in [0.15, 0.2) is 42.5 Å². The summed E-state index contributed by atoms with van der Waals surface area (Å²) in [5.74, 6) is -0.308. The van der Waals surface area contributed by atoms with Crippen molar-refractivity contribution < 1.29 is 9.72 Å². The van der Waals surface area contributed by atoms with E-state index in [1.165, 1.54) is 12.1 Å². The highest BCUT2D eigenvalue weighted by atomic mass is 35.5. The second kappa shape index (κ2) is 10.7. The van der Waals surface area contributed by atoms with Crippen LogP contribution in [0.2, 0.25) is 5.02 Å². The van der Waals surface area contributed by atoms with Gasteiger partial charge in [0.15, 0.2) is 5.65 Å². The van der Waals surface area contributed by atoms with Crippen LogP contribution >= 0.6 is 11.6 Å². The molecule has 1 unspecified atom stereocenters. The number of unbranched alkanes of at least 4 members (excludes halogenated alkanes) is 2. The number of nitro benzene ring substituents is 1. The van der Waals surface area contributed by atoms with E-state index in [1.807, 2.05) is 28.8 Å². The van der Waals surface area contributed by atoms with Crippen molar-refractivity contribution in [2.75, 3.05) is 5.32 Å². The Kier molecular flexibility index (Phi) is 7.46. The van der Waals surface area contributed by atoms with Gasteiger partial charge in [-0.15, -0.1) is 0 Å². The van der Waals surface area contributed by atoms with Gasteiger partial charge in [0, 0.05) is 17.7 Å². The molecule has 2 heterocycles. The average molecular weight is 505 g/mol. The molecular formula is C26H25ClN6O3. The number of benzene rings is 2. The summed E-state index contributed by atoms with van der Waals surface area (Å²) in [4.78, 5) is 33.5. The van der Waals surface area contributed by atoms with E-state index in [4.69, 9.17) is 21.6 Å². The maximum absolute atomic E-state index is 13.3. The Morgan fingerprint density at radius 3 is 2.56 bits per heavy atom. The van der Waals surface area contributed by atoms with Crippen molar-refractivity contribution in [2.45, 2.75) is 52.0 Å². The zero-order chi connectivity index (χ0) is 25.8. The van der Waals surface area contributed by atoms with E-state index in [9.17, 15) is 20.2 Å². The topological polar surface area (TPSA) is 127 Å². The molecule has 4 rings (SSSR count). The van der Waals surface area contributed by atoms with Crippen LogP contribution in [-0.4, -0.2) is 25.4 Å². The fourth-order valence-corrected chi connectivity index (χ4v) is 4.55. The van der Waals surface area contributed by atoms with Crippen LogP contribution in [0.25, 0.3) is 22.2 Å². The van der Waals surface area contributed by atoms with Crippen molar-refractivity contribution in [3.05, 3.63) is 68.7 Å². The van der Waals surface area contributed by atoms with Crippen molar-refractivity contribution >= 4 is 51.2 Å². The Morgan fingerprint density at radius 2 is 1.92 bits per heavy atom. The molecule has 36 heavy (non-hydrogen) atoms. The number of carbonyl (C=O) groups is 1. The number of nitriles is 1. The standard InChI is InChI=1S/C26H25ClN6O3/c1-3-5-6-9-17(4-2)32-24(31-26(34)16-12-13-19(27)22(14-16)33(35)36)18(15-28)23-25(32)30-21-11-8-7-10-20(21)29-23/h7-8,10-14,17H,3-6,9H2,1-2H3,(H,31,34). The summed E-state index contributed by atoms with van der Waals surface area (Å²) in [5, 5.41) is 24.2. The molecule has 0 bridgehead atoms. The fourth-order valence-electron chi connectivity index (χ4n) is 4.37. The number of halogens is 1. The number of nitrogens with zero attached hydrogens (tertiary/aromatic N) is 5. The van der Waals surface area contributed by atoms with E-state index >= 15 is 0 Å². The number of fused-ring (bicyclic) bond motifs is 2. The second-order valence-electron chi connectivity index (χ2n) is 8.53. The molecule has 2 aromatic heterocycles. The highest BCUT2D eigenvalue weighted by Crippen LogP contribution is 2.36. The van der Waals surface area contributed by atoms with Crippen LogP contribution in [0.1, 0.15) is 67.9 Å². The van der Waals surface area contributed by atoms with Gasteiger partial charge in [-0.1, -0.05) is 56.8 Å². The average Bonchev–Trinajstić information content (AvgIpc) is 3.16. The lowest BCUT2D eigenvalue weighted by atomic mass is 10.1. The van der Waals surface area contributed by atoms with Gasteiger partial charge in [-0.05, 0) is 37.1 Å². The highest BCUT2D eigenvalue weighted by molar-refractivity contribution is 6.32. The van der Waals surface area contributed by atoms with Crippen molar-refractivity contribution in [1.82, 2.24) is 14.5 Å². The molecule has 0 radical (unpaired) electrons. The van der Waals surface area contributed by atoms with Gasteiger partial charge in [-0.2, -0.15) is 5.26 Å². The quantitative estimate of drug-likeness (QED) is 0.152.